The van der Waals surface area contributed by atoms with E-state index in [9.17, 15) is 14.7 Å². The second-order valence-corrected chi connectivity index (χ2v) is 13.6. The Morgan fingerprint density at radius 3 is 2.71 bits per heavy atom. The van der Waals surface area contributed by atoms with Gasteiger partial charge in [-0.15, -0.1) is 10.2 Å². The molecular formula is C35H35N3O5S2. The van der Waals surface area contributed by atoms with Crippen LogP contribution >= 0.6 is 23.1 Å². The van der Waals surface area contributed by atoms with Crippen LogP contribution in [0, 0.1) is 6.92 Å². The molecule has 0 spiro atoms. The third kappa shape index (κ3) is 6.62. The number of nitrogens with zero attached hydrogens (tertiary/aromatic N) is 3. The molecular weight excluding hydrogens is 607 g/mol. The number of thioether (sulfide) groups is 1. The molecule has 1 fully saturated rings. The number of aliphatic hydroxyl groups is 1. The summed E-state index contributed by atoms with van der Waals surface area (Å²) in [6.07, 6.45) is 3.79. The molecule has 3 heterocycles. The highest BCUT2D eigenvalue weighted by Crippen LogP contribution is 2.45. The Kier molecular flexibility index (Phi) is 9.23. The smallest absolute Gasteiger partial charge is 0.301 e. The molecule has 4 aromatic rings. The van der Waals surface area contributed by atoms with Gasteiger partial charge in [0.1, 0.15) is 23.4 Å². The van der Waals surface area contributed by atoms with Gasteiger partial charge in [-0.25, -0.2) is 0 Å². The molecule has 0 aliphatic carbocycles. The van der Waals surface area contributed by atoms with E-state index < -0.39 is 17.7 Å². The molecule has 0 bridgehead atoms. The highest BCUT2D eigenvalue weighted by Gasteiger charge is 2.48. The van der Waals surface area contributed by atoms with Gasteiger partial charge in [0, 0.05) is 17.7 Å². The Hall–Kier alpha value is -4.15. The molecule has 8 nitrogen and oxygen atoms in total. The third-order valence-corrected chi connectivity index (χ3v) is 10.0. The average Bonchev–Trinajstić information content (AvgIpc) is 3.73. The molecule has 2 aliphatic heterocycles. The van der Waals surface area contributed by atoms with Crippen LogP contribution in [-0.4, -0.2) is 39.7 Å². The van der Waals surface area contributed by atoms with Crippen LogP contribution in [0.1, 0.15) is 67.0 Å². The van der Waals surface area contributed by atoms with Crippen LogP contribution in [0.4, 0.5) is 5.13 Å². The van der Waals surface area contributed by atoms with E-state index >= 15 is 0 Å². The Bertz CT molecular complexity index is 1750. The summed E-state index contributed by atoms with van der Waals surface area (Å²) in [6.45, 7) is 6.73. The van der Waals surface area contributed by atoms with E-state index in [1.54, 1.807) is 12.1 Å². The highest BCUT2D eigenvalue weighted by molar-refractivity contribution is 8.00. The number of anilines is 1. The number of Topliss-reactive ketones (excluding diaryl/α,β-unsaturated/α-hetero) is 1. The first kappa shape index (κ1) is 30.9. The molecule has 1 N–H and O–H groups in total. The van der Waals surface area contributed by atoms with Gasteiger partial charge in [0.05, 0.1) is 18.2 Å². The largest absolute Gasteiger partial charge is 0.507 e. The molecule has 0 radical (unpaired) electrons. The maximum absolute atomic E-state index is 13.7. The summed E-state index contributed by atoms with van der Waals surface area (Å²) in [5.41, 5.74) is 4.36. The third-order valence-electron chi connectivity index (χ3n) is 7.89. The number of fused-ring (bicyclic) bond motifs is 1. The second kappa shape index (κ2) is 13.5. The first-order valence-corrected chi connectivity index (χ1v) is 17.0. The van der Waals surface area contributed by atoms with Crippen LogP contribution in [-0.2, 0) is 21.8 Å². The lowest BCUT2D eigenvalue weighted by Crippen LogP contribution is -2.29. The maximum Gasteiger partial charge on any atom is 0.301 e. The number of ketones is 1. The number of carbonyl (C=O) groups is 2. The molecule has 0 unspecified atom stereocenters. The molecule has 1 amide bonds. The van der Waals surface area contributed by atoms with Crippen molar-refractivity contribution in [2.45, 2.75) is 68.7 Å². The van der Waals surface area contributed by atoms with E-state index in [2.05, 4.69) is 41.4 Å². The van der Waals surface area contributed by atoms with Gasteiger partial charge in [0.25, 0.3) is 5.78 Å². The number of hydrogen-bond acceptors (Lipinski definition) is 9. The van der Waals surface area contributed by atoms with Gasteiger partial charge in [-0.2, -0.15) is 0 Å². The standard InChI is InChI=1S/C35H35N3O5S2/c1-4-5-6-16-42-27-9-7-8-24(19-27)30-29(31(39)25-14-15-28-26(18-25)17-22(3)43-28)32(40)33(41)38(30)34-36-37-35(45-34)44-20-23-12-10-21(2)11-13-23/h7-15,18-19,22,30,39H,4-6,16-17,20H2,1-3H3/t22-,30+/m0/s1. The number of amides is 1. The zero-order valence-corrected chi connectivity index (χ0v) is 27.1. The molecule has 3 aromatic carbocycles. The maximum atomic E-state index is 13.7. The molecule has 2 atom stereocenters. The first-order valence-electron chi connectivity index (χ1n) is 15.2. The fraction of sp³-hybridized carbons (Fsp3) is 0.314. The molecule has 1 saturated heterocycles. The van der Waals surface area contributed by atoms with Gasteiger partial charge in [-0.05, 0) is 67.3 Å². The van der Waals surface area contributed by atoms with Crippen LogP contribution in [0.25, 0.3) is 5.76 Å². The summed E-state index contributed by atoms with van der Waals surface area (Å²) >= 11 is 2.77. The van der Waals surface area contributed by atoms with Crippen molar-refractivity contribution in [2.24, 2.45) is 0 Å². The molecule has 232 valence electrons. The predicted molar refractivity (Wildman–Crippen MR) is 177 cm³/mol. The van der Waals surface area contributed by atoms with E-state index in [0.29, 0.717) is 40.0 Å². The van der Waals surface area contributed by atoms with E-state index in [4.69, 9.17) is 9.47 Å². The number of aliphatic hydroxyl groups excluding tert-OH is 1. The van der Waals surface area contributed by atoms with Crippen LogP contribution < -0.4 is 14.4 Å². The van der Waals surface area contributed by atoms with Crippen molar-refractivity contribution in [1.29, 1.82) is 0 Å². The van der Waals surface area contributed by atoms with Crippen LogP contribution in [0.15, 0.2) is 76.6 Å². The number of benzene rings is 3. The first-order chi connectivity index (χ1) is 21.8. The van der Waals surface area contributed by atoms with Crippen molar-refractivity contribution in [1.82, 2.24) is 10.2 Å². The number of ether oxygens (including phenoxy) is 2. The number of aromatic nitrogens is 2. The van der Waals surface area contributed by atoms with Crippen molar-refractivity contribution in [3.05, 3.63) is 100 Å². The molecule has 2 aliphatic rings. The minimum absolute atomic E-state index is 0.000829. The monoisotopic (exact) mass is 641 g/mol. The van der Waals surface area contributed by atoms with Crippen LogP contribution in [0.3, 0.4) is 0 Å². The summed E-state index contributed by atoms with van der Waals surface area (Å²) in [4.78, 5) is 28.8. The number of hydrogen-bond donors (Lipinski definition) is 1. The van der Waals surface area contributed by atoms with Crippen molar-refractivity contribution in [3.63, 3.8) is 0 Å². The van der Waals surface area contributed by atoms with Crippen molar-refractivity contribution < 1.29 is 24.2 Å². The lowest BCUT2D eigenvalue weighted by atomic mass is 9.94. The number of rotatable bonds is 11. The Morgan fingerprint density at radius 2 is 1.91 bits per heavy atom. The Morgan fingerprint density at radius 1 is 1.09 bits per heavy atom. The molecule has 45 heavy (non-hydrogen) atoms. The minimum atomic E-state index is -0.921. The number of aryl methyl sites for hydroxylation is 1. The highest BCUT2D eigenvalue weighted by atomic mass is 32.2. The summed E-state index contributed by atoms with van der Waals surface area (Å²) in [5, 5.41) is 20.7. The molecule has 10 heteroatoms. The Balaban J connectivity index is 1.37. The quantitative estimate of drug-likeness (QED) is 0.0445. The van der Waals surface area contributed by atoms with Gasteiger partial charge in [-0.3, -0.25) is 14.5 Å². The zero-order chi connectivity index (χ0) is 31.5. The Labute approximate surface area is 271 Å². The van der Waals surface area contributed by atoms with Crippen molar-refractivity contribution in [2.75, 3.05) is 11.5 Å². The molecule has 1 aromatic heterocycles. The number of carbonyl (C=O) groups excluding carboxylic acids is 2. The average molecular weight is 642 g/mol. The fourth-order valence-corrected chi connectivity index (χ4v) is 7.40. The number of unbranched alkanes of at least 4 members (excludes halogenated alkanes) is 2. The van der Waals surface area contributed by atoms with Gasteiger partial charge in [-0.1, -0.05) is 84.8 Å². The van der Waals surface area contributed by atoms with E-state index in [0.717, 1.165) is 36.1 Å². The molecule has 6 rings (SSSR count). The molecule has 0 saturated carbocycles. The van der Waals surface area contributed by atoms with Crippen LogP contribution in [0.2, 0.25) is 0 Å². The normalized spacial score (nSPS) is 18.7. The van der Waals surface area contributed by atoms with Crippen molar-refractivity contribution >= 4 is 45.7 Å². The summed E-state index contributed by atoms with van der Waals surface area (Å²) in [6, 6.07) is 20.1. The lowest BCUT2D eigenvalue weighted by molar-refractivity contribution is -0.132. The van der Waals surface area contributed by atoms with E-state index in [1.807, 2.05) is 44.2 Å². The van der Waals surface area contributed by atoms with Gasteiger partial charge >= 0.3 is 5.91 Å². The van der Waals surface area contributed by atoms with Crippen LogP contribution in [0.5, 0.6) is 11.5 Å². The van der Waals surface area contributed by atoms with Gasteiger partial charge in [0.15, 0.2) is 4.34 Å². The van der Waals surface area contributed by atoms with Gasteiger partial charge < -0.3 is 14.6 Å². The fourth-order valence-electron chi connectivity index (χ4n) is 5.57. The lowest BCUT2D eigenvalue weighted by Gasteiger charge is -2.23. The topological polar surface area (TPSA) is 102 Å². The van der Waals surface area contributed by atoms with E-state index in [1.165, 1.54) is 33.6 Å². The SMILES string of the molecule is CCCCCOc1cccc([C@@H]2C(=C(O)c3ccc4c(c3)C[C@H](C)O4)C(=O)C(=O)N2c2nnc(SCc3ccc(C)cc3)s2)c1. The van der Waals surface area contributed by atoms with Gasteiger partial charge in [0.2, 0.25) is 5.13 Å². The van der Waals surface area contributed by atoms with Crippen molar-refractivity contribution in [3.8, 4) is 11.5 Å². The predicted octanol–water partition coefficient (Wildman–Crippen LogP) is 7.66. The van der Waals surface area contributed by atoms with E-state index in [-0.39, 0.29) is 22.6 Å². The zero-order valence-electron chi connectivity index (χ0n) is 25.5. The summed E-state index contributed by atoms with van der Waals surface area (Å²) in [5.74, 6) is 0.296. The minimum Gasteiger partial charge on any atom is -0.507 e. The summed E-state index contributed by atoms with van der Waals surface area (Å²) in [7, 11) is 0. The summed E-state index contributed by atoms with van der Waals surface area (Å²) < 4.78 is 12.5. The second-order valence-electron chi connectivity index (χ2n) is 11.4.